The minimum Gasteiger partial charge on any atom is -0.375 e. The van der Waals surface area contributed by atoms with E-state index in [0.29, 0.717) is 30.6 Å². The Balaban J connectivity index is 1.81. The molecule has 1 aromatic rings. The maximum atomic E-state index is 11.9. The molecule has 1 heterocycles. The molecule has 1 aliphatic carbocycles. The number of aromatic nitrogens is 2. The van der Waals surface area contributed by atoms with Gasteiger partial charge in [-0.1, -0.05) is 11.6 Å². The standard InChI is InChI=1S/C12H19F2N3O2/c13-10(14)7-18-5-4-11-16-12(19-17-11)9-3-1-2-8(9)6-15/h8-10H,1-7,15H2. The van der Waals surface area contributed by atoms with Crippen molar-refractivity contribution in [2.75, 3.05) is 19.8 Å². The van der Waals surface area contributed by atoms with E-state index < -0.39 is 13.0 Å². The van der Waals surface area contributed by atoms with Gasteiger partial charge in [-0.15, -0.1) is 0 Å². The molecule has 1 aromatic heterocycles. The van der Waals surface area contributed by atoms with E-state index in [1.807, 2.05) is 0 Å². The van der Waals surface area contributed by atoms with E-state index >= 15 is 0 Å². The summed E-state index contributed by atoms with van der Waals surface area (Å²) in [6.45, 7) is 0.247. The molecule has 2 atom stereocenters. The van der Waals surface area contributed by atoms with Crippen LogP contribution in [0.15, 0.2) is 4.52 Å². The van der Waals surface area contributed by atoms with Crippen molar-refractivity contribution >= 4 is 0 Å². The van der Waals surface area contributed by atoms with E-state index in [-0.39, 0.29) is 12.5 Å². The number of rotatable bonds is 7. The smallest absolute Gasteiger partial charge is 0.261 e. The molecular formula is C12H19F2N3O2. The predicted octanol–water partition coefficient (Wildman–Crippen LogP) is 1.74. The first-order chi connectivity index (χ1) is 9.20. The summed E-state index contributed by atoms with van der Waals surface area (Å²) in [5.74, 6) is 1.78. The summed E-state index contributed by atoms with van der Waals surface area (Å²) < 4.78 is 33.8. The lowest BCUT2D eigenvalue weighted by molar-refractivity contribution is 0.0182. The third-order valence-corrected chi connectivity index (χ3v) is 3.48. The Bertz CT molecular complexity index is 387. The van der Waals surface area contributed by atoms with Gasteiger partial charge in [0.1, 0.15) is 6.61 Å². The molecule has 1 saturated carbocycles. The molecule has 0 bridgehead atoms. The lowest BCUT2D eigenvalue weighted by Crippen LogP contribution is -2.17. The number of halogens is 2. The summed E-state index contributed by atoms with van der Waals surface area (Å²) in [5, 5.41) is 3.85. The van der Waals surface area contributed by atoms with Crippen molar-refractivity contribution in [1.29, 1.82) is 0 Å². The largest absolute Gasteiger partial charge is 0.375 e. The van der Waals surface area contributed by atoms with Crippen LogP contribution in [0.3, 0.4) is 0 Å². The number of nitrogens with zero attached hydrogens (tertiary/aromatic N) is 2. The second-order valence-corrected chi connectivity index (χ2v) is 4.80. The fraction of sp³-hybridized carbons (Fsp3) is 0.833. The molecule has 0 saturated heterocycles. The highest BCUT2D eigenvalue weighted by Gasteiger charge is 2.31. The van der Waals surface area contributed by atoms with E-state index in [9.17, 15) is 8.78 Å². The van der Waals surface area contributed by atoms with Crippen molar-refractivity contribution in [2.45, 2.75) is 38.0 Å². The third kappa shape index (κ3) is 3.94. The van der Waals surface area contributed by atoms with Crippen molar-refractivity contribution in [3.63, 3.8) is 0 Å². The molecule has 19 heavy (non-hydrogen) atoms. The Kier molecular flexibility index (Phi) is 5.21. The van der Waals surface area contributed by atoms with Gasteiger partial charge >= 0.3 is 0 Å². The van der Waals surface area contributed by atoms with Gasteiger partial charge in [-0.05, 0) is 25.3 Å². The van der Waals surface area contributed by atoms with Crippen LogP contribution in [0.5, 0.6) is 0 Å². The van der Waals surface area contributed by atoms with Gasteiger partial charge in [0.05, 0.1) is 6.61 Å². The van der Waals surface area contributed by atoms with Crippen LogP contribution >= 0.6 is 0 Å². The van der Waals surface area contributed by atoms with Crippen molar-refractivity contribution in [3.05, 3.63) is 11.7 Å². The first kappa shape index (κ1) is 14.3. The van der Waals surface area contributed by atoms with Crippen LogP contribution in [0.4, 0.5) is 8.78 Å². The second kappa shape index (κ2) is 6.91. The molecular weight excluding hydrogens is 256 g/mol. The summed E-state index contributed by atoms with van der Waals surface area (Å²) in [6, 6.07) is 0. The van der Waals surface area contributed by atoms with Gasteiger partial charge in [0, 0.05) is 12.3 Å². The highest BCUT2D eigenvalue weighted by molar-refractivity contribution is 5.00. The molecule has 2 N–H and O–H groups in total. The summed E-state index contributed by atoms with van der Waals surface area (Å²) in [6.07, 6.45) is 1.18. The molecule has 0 amide bonds. The van der Waals surface area contributed by atoms with Gasteiger partial charge in [-0.25, -0.2) is 8.78 Å². The first-order valence-electron chi connectivity index (χ1n) is 6.59. The van der Waals surface area contributed by atoms with E-state index in [0.717, 1.165) is 19.3 Å². The van der Waals surface area contributed by atoms with Crippen molar-refractivity contribution in [1.82, 2.24) is 10.1 Å². The predicted molar refractivity (Wildman–Crippen MR) is 64.0 cm³/mol. The van der Waals surface area contributed by atoms with Crippen LogP contribution in [-0.2, 0) is 11.2 Å². The van der Waals surface area contributed by atoms with Gasteiger partial charge in [0.2, 0.25) is 5.89 Å². The quantitative estimate of drug-likeness (QED) is 0.767. The topological polar surface area (TPSA) is 74.2 Å². The van der Waals surface area contributed by atoms with Crippen molar-refractivity contribution in [3.8, 4) is 0 Å². The molecule has 0 radical (unpaired) electrons. The van der Waals surface area contributed by atoms with Crippen LogP contribution in [0, 0.1) is 5.92 Å². The third-order valence-electron chi connectivity index (χ3n) is 3.48. The molecule has 108 valence electrons. The highest BCUT2D eigenvalue weighted by atomic mass is 19.3. The van der Waals surface area contributed by atoms with Crippen LogP contribution < -0.4 is 5.73 Å². The minimum absolute atomic E-state index is 0.175. The Morgan fingerprint density at radius 2 is 2.26 bits per heavy atom. The normalized spacial score (nSPS) is 23.4. The van der Waals surface area contributed by atoms with Crippen molar-refractivity contribution < 1.29 is 18.0 Å². The molecule has 0 aliphatic heterocycles. The average molecular weight is 275 g/mol. The average Bonchev–Trinajstić information content (AvgIpc) is 3.02. The van der Waals surface area contributed by atoms with E-state index in [4.69, 9.17) is 15.0 Å². The number of hydrogen-bond acceptors (Lipinski definition) is 5. The fourth-order valence-electron chi connectivity index (χ4n) is 2.50. The zero-order valence-corrected chi connectivity index (χ0v) is 10.7. The molecule has 1 fully saturated rings. The monoisotopic (exact) mass is 275 g/mol. The van der Waals surface area contributed by atoms with Gasteiger partial charge in [-0.3, -0.25) is 0 Å². The summed E-state index contributed by atoms with van der Waals surface area (Å²) in [5.41, 5.74) is 5.71. The minimum atomic E-state index is -2.44. The molecule has 1 aliphatic rings. The first-order valence-corrected chi connectivity index (χ1v) is 6.59. The fourth-order valence-corrected chi connectivity index (χ4v) is 2.50. The zero-order valence-electron chi connectivity index (χ0n) is 10.7. The highest BCUT2D eigenvalue weighted by Crippen LogP contribution is 2.38. The number of nitrogens with two attached hydrogens (primary N) is 1. The second-order valence-electron chi connectivity index (χ2n) is 4.80. The Morgan fingerprint density at radius 1 is 1.42 bits per heavy atom. The number of ether oxygens (including phenoxy) is 1. The van der Waals surface area contributed by atoms with Gasteiger partial charge in [0.15, 0.2) is 5.82 Å². The molecule has 2 rings (SSSR count). The summed E-state index contributed by atoms with van der Waals surface area (Å²) in [4.78, 5) is 4.31. The SMILES string of the molecule is NCC1CCCC1c1nc(CCOCC(F)F)no1. The lowest BCUT2D eigenvalue weighted by atomic mass is 9.96. The molecule has 0 spiro atoms. The van der Waals surface area contributed by atoms with Gasteiger partial charge in [0.25, 0.3) is 6.43 Å². The van der Waals surface area contributed by atoms with Crippen LogP contribution in [-0.4, -0.2) is 36.3 Å². The maximum absolute atomic E-state index is 11.9. The molecule has 7 heteroatoms. The molecule has 0 aromatic carbocycles. The summed E-state index contributed by atoms with van der Waals surface area (Å²) in [7, 11) is 0. The maximum Gasteiger partial charge on any atom is 0.261 e. The number of alkyl halides is 2. The molecule has 2 unspecified atom stereocenters. The van der Waals surface area contributed by atoms with Crippen LogP contribution in [0.1, 0.15) is 36.9 Å². The van der Waals surface area contributed by atoms with Crippen LogP contribution in [0.25, 0.3) is 0 Å². The van der Waals surface area contributed by atoms with Crippen molar-refractivity contribution in [2.24, 2.45) is 11.7 Å². The van der Waals surface area contributed by atoms with E-state index in [2.05, 4.69) is 10.1 Å². The van der Waals surface area contributed by atoms with Gasteiger partial charge < -0.3 is 15.0 Å². The molecule has 5 nitrogen and oxygen atoms in total. The number of hydrogen-bond donors (Lipinski definition) is 1. The van der Waals surface area contributed by atoms with Crippen LogP contribution in [0.2, 0.25) is 0 Å². The van der Waals surface area contributed by atoms with E-state index in [1.165, 1.54) is 0 Å². The van der Waals surface area contributed by atoms with Gasteiger partial charge in [-0.2, -0.15) is 4.98 Å². The summed E-state index contributed by atoms with van der Waals surface area (Å²) >= 11 is 0. The lowest BCUT2D eigenvalue weighted by Gasteiger charge is -2.12. The Morgan fingerprint density at radius 3 is 3.00 bits per heavy atom. The Hall–Kier alpha value is -1.08. The zero-order chi connectivity index (χ0) is 13.7. The van der Waals surface area contributed by atoms with E-state index in [1.54, 1.807) is 0 Å². The Labute approximate surface area is 110 Å².